The number of aromatic nitrogens is 1. The van der Waals surface area contributed by atoms with E-state index in [1.165, 1.54) is 0 Å². The maximum Gasteiger partial charge on any atom is 0.191 e. The Morgan fingerprint density at radius 2 is 2.20 bits per heavy atom. The second-order valence-corrected chi connectivity index (χ2v) is 5.58. The van der Waals surface area contributed by atoms with E-state index in [1.54, 1.807) is 11.3 Å². The summed E-state index contributed by atoms with van der Waals surface area (Å²) >= 11 is 1.67. The summed E-state index contributed by atoms with van der Waals surface area (Å²) < 4.78 is 5.30. The Morgan fingerprint density at radius 3 is 2.80 bits per heavy atom. The highest BCUT2D eigenvalue weighted by atomic mass is 32.1. The van der Waals surface area contributed by atoms with Crippen LogP contribution in [-0.4, -0.2) is 37.2 Å². The average molecular weight is 298 g/mol. The van der Waals surface area contributed by atoms with Crippen molar-refractivity contribution in [2.75, 3.05) is 26.3 Å². The van der Waals surface area contributed by atoms with Crippen LogP contribution in [0.1, 0.15) is 44.3 Å². The highest BCUT2D eigenvalue weighted by Gasteiger charge is 2.05. The lowest BCUT2D eigenvalue weighted by molar-refractivity contribution is 0.152. The Bertz CT molecular complexity index is 404. The summed E-state index contributed by atoms with van der Waals surface area (Å²) in [6, 6.07) is 0. The molecular formula is C14H26N4OS. The van der Waals surface area contributed by atoms with Crippen LogP contribution in [0.15, 0.2) is 10.4 Å². The summed E-state index contributed by atoms with van der Waals surface area (Å²) in [4.78, 5) is 9.12. The molecule has 6 heteroatoms. The maximum absolute atomic E-state index is 5.30. The minimum Gasteiger partial charge on any atom is -0.380 e. The number of nitrogens with one attached hydrogen (secondary N) is 2. The number of ether oxygens (including phenoxy) is 1. The predicted molar refractivity (Wildman–Crippen MR) is 85.5 cm³/mol. The van der Waals surface area contributed by atoms with E-state index in [1.807, 2.05) is 6.92 Å². The first-order valence-electron chi connectivity index (χ1n) is 7.21. The molecule has 0 aliphatic carbocycles. The number of thiazole rings is 1. The summed E-state index contributed by atoms with van der Waals surface area (Å²) in [6.07, 6.45) is 0. The predicted octanol–water partition coefficient (Wildman–Crippen LogP) is 2.36. The minimum atomic E-state index is 0.474. The van der Waals surface area contributed by atoms with Crippen LogP contribution in [0.5, 0.6) is 0 Å². The van der Waals surface area contributed by atoms with E-state index in [2.05, 4.69) is 46.8 Å². The molecule has 0 spiro atoms. The molecule has 0 aliphatic heterocycles. The molecular weight excluding hydrogens is 272 g/mol. The van der Waals surface area contributed by atoms with Gasteiger partial charge in [-0.15, -0.1) is 11.3 Å². The number of hydrogen-bond donors (Lipinski definition) is 2. The van der Waals surface area contributed by atoms with Crippen molar-refractivity contribution >= 4 is 17.3 Å². The molecule has 0 aliphatic rings. The van der Waals surface area contributed by atoms with E-state index in [4.69, 9.17) is 4.74 Å². The summed E-state index contributed by atoms with van der Waals surface area (Å²) in [5.74, 6) is 1.29. The maximum atomic E-state index is 5.30. The van der Waals surface area contributed by atoms with Gasteiger partial charge in [-0.3, -0.25) is 0 Å². The van der Waals surface area contributed by atoms with E-state index in [-0.39, 0.29) is 0 Å². The van der Waals surface area contributed by atoms with Gasteiger partial charge in [-0.25, -0.2) is 9.98 Å². The van der Waals surface area contributed by atoms with Crippen LogP contribution in [0.25, 0.3) is 0 Å². The largest absolute Gasteiger partial charge is 0.380 e. The first-order valence-corrected chi connectivity index (χ1v) is 8.09. The lowest BCUT2D eigenvalue weighted by Crippen LogP contribution is -2.39. The van der Waals surface area contributed by atoms with Gasteiger partial charge in [0.25, 0.3) is 0 Å². The van der Waals surface area contributed by atoms with Crippen LogP contribution in [-0.2, 0) is 11.3 Å². The van der Waals surface area contributed by atoms with Gasteiger partial charge in [-0.1, -0.05) is 13.8 Å². The molecule has 1 heterocycles. The van der Waals surface area contributed by atoms with Crippen LogP contribution in [0.4, 0.5) is 0 Å². The minimum absolute atomic E-state index is 0.474. The Hall–Kier alpha value is -1.14. The third kappa shape index (κ3) is 6.34. The van der Waals surface area contributed by atoms with Crippen molar-refractivity contribution in [2.24, 2.45) is 4.99 Å². The quantitative estimate of drug-likeness (QED) is 0.439. The van der Waals surface area contributed by atoms with E-state index < -0.39 is 0 Å². The highest BCUT2D eigenvalue weighted by Crippen LogP contribution is 2.18. The SMILES string of the molecule is CCNC(=NCc1nc(C(C)C)cs1)NCCOCC. The molecule has 0 amide bonds. The van der Waals surface area contributed by atoms with Gasteiger partial charge in [0.05, 0.1) is 18.8 Å². The first kappa shape index (κ1) is 16.9. The van der Waals surface area contributed by atoms with Crippen molar-refractivity contribution in [3.8, 4) is 0 Å². The molecule has 0 radical (unpaired) electrons. The molecule has 0 fully saturated rings. The first-order chi connectivity index (χ1) is 9.67. The van der Waals surface area contributed by atoms with Crippen molar-refractivity contribution in [3.63, 3.8) is 0 Å². The Balaban J connectivity index is 2.47. The lowest BCUT2D eigenvalue weighted by Gasteiger charge is -2.10. The number of nitrogens with zero attached hydrogens (tertiary/aromatic N) is 2. The highest BCUT2D eigenvalue weighted by molar-refractivity contribution is 7.09. The summed E-state index contributed by atoms with van der Waals surface area (Å²) in [6.45, 7) is 12.0. The van der Waals surface area contributed by atoms with Gasteiger partial charge >= 0.3 is 0 Å². The monoisotopic (exact) mass is 298 g/mol. The standard InChI is InChI=1S/C14H26N4OS/c1-5-15-14(16-7-8-19-6-2)17-9-13-18-12(10-20-13)11(3)4/h10-11H,5-9H2,1-4H3,(H2,15,16,17). The molecule has 1 rings (SSSR count). The van der Waals surface area contributed by atoms with Gasteiger partial charge < -0.3 is 15.4 Å². The normalized spacial score (nSPS) is 11.9. The topological polar surface area (TPSA) is 58.5 Å². The lowest BCUT2D eigenvalue weighted by atomic mass is 10.2. The zero-order valence-corrected chi connectivity index (χ0v) is 13.7. The van der Waals surface area contributed by atoms with Crippen molar-refractivity contribution < 1.29 is 4.74 Å². The van der Waals surface area contributed by atoms with Gasteiger partial charge in [-0.2, -0.15) is 0 Å². The van der Waals surface area contributed by atoms with Crippen LogP contribution in [0, 0.1) is 0 Å². The van der Waals surface area contributed by atoms with E-state index in [9.17, 15) is 0 Å². The van der Waals surface area contributed by atoms with Crippen LogP contribution >= 0.6 is 11.3 Å². The fourth-order valence-electron chi connectivity index (χ4n) is 1.54. The third-order valence-corrected chi connectivity index (χ3v) is 3.47. The fraction of sp³-hybridized carbons (Fsp3) is 0.714. The van der Waals surface area contributed by atoms with Crippen LogP contribution in [0.2, 0.25) is 0 Å². The number of aliphatic imine (C=N–C) groups is 1. The average Bonchev–Trinajstić information content (AvgIpc) is 2.90. The van der Waals surface area contributed by atoms with E-state index in [0.717, 1.165) is 36.4 Å². The number of rotatable bonds is 8. The molecule has 20 heavy (non-hydrogen) atoms. The molecule has 114 valence electrons. The summed E-state index contributed by atoms with van der Waals surface area (Å²) in [5.41, 5.74) is 1.15. The van der Waals surface area contributed by atoms with Gasteiger partial charge in [-0.05, 0) is 19.8 Å². The van der Waals surface area contributed by atoms with Crippen molar-refractivity contribution in [2.45, 2.75) is 40.2 Å². The van der Waals surface area contributed by atoms with Gasteiger partial charge in [0.1, 0.15) is 5.01 Å². The third-order valence-electron chi connectivity index (χ3n) is 2.62. The summed E-state index contributed by atoms with van der Waals surface area (Å²) in [7, 11) is 0. The zero-order chi connectivity index (χ0) is 14.8. The molecule has 2 N–H and O–H groups in total. The second kappa shape index (κ2) is 9.72. The molecule has 1 aromatic rings. The molecule has 0 saturated heterocycles. The second-order valence-electron chi connectivity index (χ2n) is 4.64. The van der Waals surface area contributed by atoms with E-state index in [0.29, 0.717) is 19.1 Å². The van der Waals surface area contributed by atoms with Gasteiger partial charge in [0, 0.05) is 25.1 Å². The van der Waals surface area contributed by atoms with Gasteiger partial charge in [0.15, 0.2) is 5.96 Å². The Morgan fingerprint density at radius 1 is 1.40 bits per heavy atom. The zero-order valence-electron chi connectivity index (χ0n) is 12.9. The van der Waals surface area contributed by atoms with Crippen molar-refractivity contribution in [3.05, 3.63) is 16.1 Å². The molecule has 0 bridgehead atoms. The Labute approximate surface area is 125 Å². The van der Waals surface area contributed by atoms with Crippen molar-refractivity contribution in [1.29, 1.82) is 0 Å². The van der Waals surface area contributed by atoms with E-state index >= 15 is 0 Å². The number of hydrogen-bond acceptors (Lipinski definition) is 4. The molecule has 1 aromatic heterocycles. The molecule has 0 unspecified atom stereocenters. The molecule has 0 atom stereocenters. The fourth-order valence-corrected chi connectivity index (χ4v) is 2.42. The van der Waals surface area contributed by atoms with Gasteiger partial charge in [0.2, 0.25) is 0 Å². The molecule has 0 saturated carbocycles. The van der Waals surface area contributed by atoms with Crippen LogP contribution in [0.3, 0.4) is 0 Å². The number of guanidine groups is 1. The Kier molecular flexibility index (Phi) is 8.22. The van der Waals surface area contributed by atoms with Crippen molar-refractivity contribution in [1.82, 2.24) is 15.6 Å². The summed E-state index contributed by atoms with van der Waals surface area (Å²) in [5, 5.41) is 9.63. The smallest absolute Gasteiger partial charge is 0.191 e. The molecule has 5 nitrogen and oxygen atoms in total. The van der Waals surface area contributed by atoms with Crippen LogP contribution < -0.4 is 10.6 Å². The molecule has 0 aromatic carbocycles.